The minimum Gasteiger partial charge on any atom is -0.484 e. The Bertz CT molecular complexity index is 892. The smallest absolute Gasteiger partial charge is 0.258 e. The molecule has 0 aliphatic heterocycles. The van der Waals surface area contributed by atoms with E-state index in [2.05, 4.69) is 54.9 Å². The van der Waals surface area contributed by atoms with E-state index in [4.69, 9.17) is 9.73 Å². The Balaban J connectivity index is 0.00000363. The van der Waals surface area contributed by atoms with Crippen molar-refractivity contribution >= 4 is 35.8 Å². The summed E-state index contributed by atoms with van der Waals surface area (Å²) in [6.07, 6.45) is 3.09. The molecular weight excluding hydrogens is 515 g/mol. The number of ether oxygens (including phenoxy) is 1. The van der Waals surface area contributed by atoms with Gasteiger partial charge in [-0.15, -0.1) is 24.0 Å². The van der Waals surface area contributed by atoms with Gasteiger partial charge in [-0.2, -0.15) is 0 Å². The second-order valence-electron chi connectivity index (χ2n) is 8.15. The van der Waals surface area contributed by atoms with E-state index in [0.717, 1.165) is 43.9 Å². The fraction of sp³-hybridized carbons (Fsp3) is 0.440. The van der Waals surface area contributed by atoms with E-state index in [0.29, 0.717) is 18.3 Å². The van der Waals surface area contributed by atoms with Crippen molar-refractivity contribution in [1.29, 1.82) is 0 Å². The second-order valence-corrected chi connectivity index (χ2v) is 8.15. The second kappa shape index (κ2) is 13.3. The zero-order chi connectivity index (χ0) is 22.1. The summed E-state index contributed by atoms with van der Waals surface area (Å²) in [4.78, 5) is 16.5. The number of carbonyl (C=O) groups excluding carboxylic acids is 1. The molecule has 0 spiro atoms. The Labute approximate surface area is 208 Å². The number of hydrogen-bond donors (Lipinski definition) is 3. The first-order valence-corrected chi connectivity index (χ1v) is 11.1. The number of carbonyl (C=O) groups is 1. The van der Waals surface area contributed by atoms with Gasteiger partial charge >= 0.3 is 0 Å². The fourth-order valence-electron chi connectivity index (χ4n) is 3.43. The first-order valence-electron chi connectivity index (χ1n) is 11.1. The highest BCUT2D eigenvalue weighted by Gasteiger charge is 2.23. The van der Waals surface area contributed by atoms with Crippen LogP contribution in [-0.2, 0) is 17.8 Å². The quantitative estimate of drug-likeness (QED) is 0.239. The number of nitrogens with zero attached hydrogens (tertiary/aromatic N) is 1. The molecule has 2 aromatic carbocycles. The molecular formula is C25H35IN4O2. The van der Waals surface area contributed by atoms with Crippen LogP contribution >= 0.6 is 24.0 Å². The topological polar surface area (TPSA) is 74.8 Å². The fourth-order valence-corrected chi connectivity index (χ4v) is 3.43. The first-order chi connectivity index (χ1) is 15.0. The average Bonchev–Trinajstić information content (AvgIpc) is 3.54. The zero-order valence-electron chi connectivity index (χ0n) is 19.2. The molecule has 0 saturated heterocycles. The zero-order valence-corrected chi connectivity index (χ0v) is 21.6. The van der Waals surface area contributed by atoms with Gasteiger partial charge in [-0.25, -0.2) is 4.99 Å². The van der Waals surface area contributed by atoms with Gasteiger partial charge < -0.3 is 20.7 Å². The molecule has 0 heterocycles. The normalized spacial score (nSPS) is 13.2. The van der Waals surface area contributed by atoms with E-state index in [-0.39, 0.29) is 36.5 Å². The number of guanidine groups is 1. The summed E-state index contributed by atoms with van der Waals surface area (Å²) >= 11 is 0. The Hall–Kier alpha value is -2.29. The number of nitrogens with one attached hydrogen (secondary N) is 3. The molecule has 32 heavy (non-hydrogen) atoms. The Morgan fingerprint density at radius 1 is 1.06 bits per heavy atom. The lowest BCUT2D eigenvalue weighted by Crippen LogP contribution is -2.38. The highest BCUT2D eigenvalue weighted by atomic mass is 127. The summed E-state index contributed by atoms with van der Waals surface area (Å²) in [7, 11) is 0. The van der Waals surface area contributed by atoms with Crippen molar-refractivity contribution in [3.8, 4) is 5.75 Å². The predicted molar refractivity (Wildman–Crippen MR) is 141 cm³/mol. The van der Waals surface area contributed by atoms with Crippen LogP contribution in [0.1, 0.15) is 42.0 Å². The summed E-state index contributed by atoms with van der Waals surface area (Å²) in [5, 5.41) is 9.64. The van der Waals surface area contributed by atoms with Gasteiger partial charge in [0.15, 0.2) is 12.6 Å². The number of rotatable bonds is 10. The van der Waals surface area contributed by atoms with Crippen LogP contribution in [0.4, 0.5) is 0 Å². The van der Waals surface area contributed by atoms with Gasteiger partial charge in [-0.3, -0.25) is 4.79 Å². The van der Waals surface area contributed by atoms with Crippen LogP contribution in [0.5, 0.6) is 5.75 Å². The summed E-state index contributed by atoms with van der Waals surface area (Å²) < 4.78 is 5.63. The number of aliphatic imine (C=N–C) groups is 1. The number of benzene rings is 2. The van der Waals surface area contributed by atoms with Crippen molar-refractivity contribution < 1.29 is 9.53 Å². The van der Waals surface area contributed by atoms with Gasteiger partial charge in [0.2, 0.25) is 0 Å². The van der Waals surface area contributed by atoms with E-state index in [1.54, 1.807) is 0 Å². The summed E-state index contributed by atoms with van der Waals surface area (Å²) in [5.74, 6) is 1.42. The number of amides is 1. The molecule has 2 aromatic rings. The number of halogens is 1. The van der Waals surface area contributed by atoms with E-state index >= 15 is 0 Å². The van der Waals surface area contributed by atoms with Crippen molar-refractivity contribution in [2.75, 3.05) is 19.7 Å². The van der Waals surface area contributed by atoms with Crippen molar-refractivity contribution in [3.05, 3.63) is 64.7 Å². The monoisotopic (exact) mass is 550 g/mol. The SMILES string of the molecule is CCNC(=NCc1cccc(OCC(=O)NC2CC2)c1)NCCc1cc(C)cc(C)c1.I. The molecule has 1 amide bonds. The Kier molecular flexibility index (Phi) is 10.8. The Morgan fingerprint density at radius 3 is 2.50 bits per heavy atom. The molecule has 1 saturated carbocycles. The van der Waals surface area contributed by atoms with Crippen LogP contribution in [-0.4, -0.2) is 37.6 Å². The lowest BCUT2D eigenvalue weighted by Gasteiger charge is -2.12. The first kappa shape index (κ1) is 26.0. The number of aryl methyl sites for hydroxylation is 2. The molecule has 0 bridgehead atoms. The maximum absolute atomic E-state index is 11.8. The third-order valence-corrected chi connectivity index (χ3v) is 4.96. The minimum absolute atomic E-state index is 0. The molecule has 174 valence electrons. The predicted octanol–water partition coefficient (Wildman–Crippen LogP) is 3.88. The molecule has 3 N–H and O–H groups in total. The summed E-state index contributed by atoms with van der Waals surface area (Å²) in [6.45, 7) is 8.51. The number of hydrogen-bond acceptors (Lipinski definition) is 3. The van der Waals surface area contributed by atoms with Gasteiger partial charge in [0.1, 0.15) is 5.75 Å². The van der Waals surface area contributed by atoms with Gasteiger partial charge in [0, 0.05) is 19.1 Å². The Morgan fingerprint density at radius 2 is 1.81 bits per heavy atom. The van der Waals surface area contributed by atoms with Gasteiger partial charge in [0.05, 0.1) is 6.54 Å². The third kappa shape index (κ3) is 9.46. The molecule has 1 aliphatic rings. The molecule has 3 rings (SSSR count). The largest absolute Gasteiger partial charge is 0.484 e. The molecule has 1 fully saturated rings. The van der Waals surface area contributed by atoms with Crippen LogP contribution < -0.4 is 20.7 Å². The van der Waals surface area contributed by atoms with Crippen LogP contribution in [0, 0.1) is 13.8 Å². The van der Waals surface area contributed by atoms with Crippen molar-refractivity contribution in [2.45, 2.75) is 52.6 Å². The molecule has 6 nitrogen and oxygen atoms in total. The lowest BCUT2D eigenvalue weighted by molar-refractivity contribution is -0.123. The van der Waals surface area contributed by atoms with Crippen LogP contribution in [0.25, 0.3) is 0 Å². The molecule has 0 radical (unpaired) electrons. The van der Waals surface area contributed by atoms with Crippen LogP contribution in [0.15, 0.2) is 47.5 Å². The van der Waals surface area contributed by atoms with Crippen molar-refractivity contribution in [3.63, 3.8) is 0 Å². The van der Waals surface area contributed by atoms with Crippen molar-refractivity contribution in [1.82, 2.24) is 16.0 Å². The van der Waals surface area contributed by atoms with E-state index in [1.807, 2.05) is 24.3 Å². The summed E-state index contributed by atoms with van der Waals surface area (Å²) in [5.41, 5.74) is 4.95. The van der Waals surface area contributed by atoms with Crippen LogP contribution in [0.2, 0.25) is 0 Å². The molecule has 0 atom stereocenters. The molecule has 7 heteroatoms. The standard InChI is InChI=1S/C25H34N4O2.HI/c1-4-26-25(27-11-10-20-13-18(2)12-19(3)14-20)28-16-21-6-5-7-23(15-21)31-17-24(30)29-22-8-9-22;/h5-7,12-15,22H,4,8-11,16-17H2,1-3H3,(H,29,30)(H2,26,27,28);1H. The van der Waals surface area contributed by atoms with Gasteiger partial charge in [0.25, 0.3) is 5.91 Å². The maximum Gasteiger partial charge on any atom is 0.258 e. The lowest BCUT2D eigenvalue weighted by atomic mass is 10.1. The van der Waals surface area contributed by atoms with Gasteiger partial charge in [-0.05, 0) is 63.3 Å². The van der Waals surface area contributed by atoms with Crippen molar-refractivity contribution in [2.24, 2.45) is 4.99 Å². The summed E-state index contributed by atoms with van der Waals surface area (Å²) in [6, 6.07) is 14.8. The van der Waals surface area contributed by atoms with Crippen LogP contribution in [0.3, 0.4) is 0 Å². The third-order valence-electron chi connectivity index (χ3n) is 4.96. The minimum atomic E-state index is -0.0617. The molecule has 1 aliphatic carbocycles. The maximum atomic E-state index is 11.8. The highest BCUT2D eigenvalue weighted by molar-refractivity contribution is 14.0. The highest BCUT2D eigenvalue weighted by Crippen LogP contribution is 2.18. The average molecular weight is 550 g/mol. The molecule has 0 aromatic heterocycles. The molecule has 0 unspecified atom stereocenters. The van der Waals surface area contributed by atoms with E-state index in [9.17, 15) is 4.79 Å². The van der Waals surface area contributed by atoms with E-state index in [1.165, 1.54) is 16.7 Å². The van der Waals surface area contributed by atoms with Gasteiger partial charge in [-0.1, -0.05) is 41.5 Å². The van der Waals surface area contributed by atoms with E-state index < -0.39 is 0 Å².